The predicted octanol–water partition coefficient (Wildman–Crippen LogP) is 8.17. The van der Waals surface area contributed by atoms with Crippen LogP contribution in [0.1, 0.15) is 49.8 Å². The van der Waals surface area contributed by atoms with E-state index in [0.717, 1.165) is 74.2 Å². The fourth-order valence-electron chi connectivity index (χ4n) is 5.66. The fraction of sp³-hybridized carbons (Fsp3) is 0.361. The largest absolute Gasteiger partial charge is 0.444 e. The number of carbonyl (C=O) groups excluding carboxylic acids is 2. The van der Waals surface area contributed by atoms with E-state index in [1.54, 1.807) is 6.26 Å². The number of urea groups is 1. The lowest BCUT2D eigenvalue weighted by Crippen LogP contribution is -2.48. The molecule has 3 N–H and O–H groups in total. The summed E-state index contributed by atoms with van der Waals surface area (Å²) in [5.74, 6) is 0.657. The Morgan fingerprint density at radius 2 is 1.46 bits per heavy atom. The average Bonchev–Trinajstić information content (AvgIpc) is 3.72. The molecule has 4 aromatic rings. The van der Waals surface area contributed by atoms with Gasteiger partial charge >= 0.3 is 6.03 Å². The second-order valence-corrected chi connectivity index (χ2v) is 13.1. The normalized spacial score (nSPS) is 19.8. The number of hydrogen-bond donors (Lipinski definition) is 3. The summed E-state index contributed by atoms with van der Waals surface area (Å²) in [7, 11) is 0. The maximum atomic E-state index is 12.5. The molecule has 1 saturated carbocycles. The molecule has 3 aliphatic rings. The summed E-state index contributed by atoms with van der Waals surface area (Å²) in [6.45, 7) is 6.48. The Morgan fingerprint density at radius 3 is 2.04 bits per heavy atom. The van der Waals surface area contributed by atoms with Gasteiger partial charge in [-0.1, -0.05) is 103 Å². The van der Waals surface area contributed by atoms with Crippen molar-refractivity contribution >= 4 is 34.6 Å². The van der Waals surface area contributed by atoms with Gasteiger partial charge in [0.2, 0.25) is 5.89 Å². The highest BCUT2D eigenvalue weighted by molar-refractivity contribution is 8.14. The van der Waals surface area contributed by atoms with E-state index in [0.29, 0.717) is 10.9 Å². The van der Waals surface area contributed by atoms with Crippen LogP contribution in [0.5, 0.6) is 0 Å². The number of hydrogen-bond acceptors (Lipinski definition) is 7. The number of nitrogens with zero attached hydrogens (tertiary/aromatic N) is 2. The third kappa shape index (κ3) is 9.45. The van der Waals surface area contributed by atoms with Crippen LogP contribution in [0.4, 0.5) is 9.59 Å². The van der Waals surface area contributed by atoms with Crippen LogP contribution in [0, 0.1) is 0 Å². The van der Waals surface area contributed by atoms with E-state index in [4.69, 9.17) is 16.0 Å². The number of thioether (sulfide) groups is 1. The van der Waals surface area contributed by atoms with Crippen LogP contribution in [-0.4, -0.2) is 59.4 Å². The number of amides is 3. The molecule has 3 fully saturated rings. The van der Waals surface area contributed by atoms with Crippen LogP contribution in [0.15, 0.2) is 95.6 Å². The second-order valence-electron chi connectivity index (χ2n) is 11.5. The molecule has 2 unspecified atom stereocenters. The van der Waals surface area contributed by atoms with Crippen molar-refractivity contribution in [1.82, 2.24) is 25.8 Å². The van der Waals surface area contributed by atoms with Gasteiger partial charge in [-0.2, -0.15) is 0 Å². The van der Waals surface area contributed by atoms with Crippen molar-refractivity contribution in [2.45, 2.75) is 56.4 Å². The minimum absolute atomic E-state index is 0.0446. The van der Waals surface area contributed by atoms with E-state index < -0.39 is 0 Å². The standard InChI is InChI=1S/C17H21ClN2O2S.C15H11NO.C4H10N2/c1-11-15(12-7-9-13(18)10-8-12)23-17(22)20(11)16(21)19-14-5-3-2-4-6-14;1-3-7-12(8-4-1)14-11-17-15(16-14)13-9-5-2-6-10-13;1-2-6-4-3-5-1/h7-11,14-15H,2-6H2,1H3,(H,19,21);1-11H;5-6H,1-4H2. The summed E-state index contributed by atoms with van der Waals surface area (Å²) in [6.07, 6.45) is 7.25. The molecule has 1 aromatic heterocycles. The van der Waals surface area contributed by atoms with Gasteiger partial charge in [0.25, 0.3) is 5.24 Å². The highest BCUT2D eigenvalue weighted by atomic mass is 35.5. The Kier molecular flexibility index (Phi) is 12.7. The number of benzene rings is 3. The summed E-state index contributed by atoms with van der Waals surface area (Å²) in [4.78, 5) is 30.7. The molecular weight excluding hydrogens is 618 g/mol. The summed E-state index contributed by atoms with van der Waals surface area (Å²) < 4.78 is 5.49. The SMILES string of the molecule is C1CNCCN1.CC1C(c2ccc(Cl)cc2)SC(=O)N1C(=O)NC1CCCCC1.c1ccc(-c2coc(-c3ccccc3)n2)cc1. The van der Waals surface area contributed by atoms with Crippen molar-refractivity contribution in [3.8, 4) is 22.7 Å². The number of oxazole rings is 1. The van der Waals surface area contributed by atoms with E-state index in [1.807, 2.05) is 91.9 Å². The van der Waals surface area contributed by atoms with Gasteiger partial charge in [-0.25, -0.2) is 9.78 Å². The molecular formula is C36H42ClN5O3S. The summed E-state index contributed by atoms with van der Waals surface area (Å²) in [6, 6.07) is 27.2. The Labute approximate surface area is 280 Å². The van der Waals surface area contributed by atoms with Crippen LogP contribution in [0.2, 0.25) is 5.02 Å². The van der Waals surface area contributed by atoms with Gasteiger partial charge in [0.1, 0.15) is 12.0 Å². The molecule has 46 heavy (non-hydrogen) atoms. The zero-order valence-corrected chi connectivity index (χ0v) is 27.7. The Hall–Kier alpha value is -3.63. The van der Waals surface area contributed by atoms with E-state index >= 15 is 0 Å². The highest BCUT2D eigenvalue weighted by Crippen LogP contribution is 2.43. The zero-order valence-electron chi connectivity index (χ0n) is 26.2. The lowest BCUT2D eigenvalue weighted by Gasteiger charge is -2.27. The Balaban J connectivity index is 0.000000158. The van der Waals surface area contributed by atoms with Crippen LogP contribution in [-0.2, 0) is 0 Å². The summed E-state index contributed by atoms with van der Waals surface area (Å²) in [5, 5.41) is 9.93. The minimum atomic E-state index is -0.252. The number of halogens is 1. The molecule has 242 valence electrons. The Morgan fingerprint density at radius 1 is 0.870 bits per heavy atom. The van der Waals surface area contributed by atoms with Gasteiger partial charge in [0.05, 0.1) is 11.3 Å². The molecule has 7 rings (SSSR count). The third-order valence-electron chi connectivity index (χ3n) is 8.17. The highest BCUT2D eigenvalue weighted by Gasteiger charge is 2.42. The van der Waals surface area contributed by atoms with Gasteiger partial charge < -0.3 is 20.4 Å². The smallest absolute Gasteiger partial charge is 0.325 e. The third-order valence-corrected chi connectivity index (χ3v) is 9.74. The van der Waals surface area contributed by atoms with Crippen molar-refractivity contribution in [2.24, 2.45) is 0 Å². The molecule has 8 nitrogen and oxygen atoms in total. The molecule has 10 heteroatoms. The van der Waals surface area contributed by atoms with Crippen LogP contribution >= 0.6 is 23.4 Å². The predicted molar refractivity (Wildman–Crippen MR) is 187 cm³/mol. The molecule has 2 aliphatic heterocycles. The second kappa shape index (κ2) is 17.3. The van der Waals surface area contributed by atoms with E-state index in [2.05, 4.69) is 20.9 Å². The number of nitrogens with one attached hydrogen (secondary N) is 3. The van der Waals surface area contributed by atoms with Crippen molar-refractivity contribution in [1.29, 1.82) is 0 Å². The minimum Gasteiger partial charge on any atom is -0.444 e. The van der Waals surface area contributed by atoms with E-state index in [1.165, 1.54) is 23.1 Å². The summed E-state index contributed by atoms with van der Waals surface area (Å²) in [5.41, 5.74) is 3.95. The van der Waals surface area contributed by atoms with Crippen LogP contribution in [0.25, 0.3) is 22.7 Å². The van der Waals surface area contributed by atoms with Crippen molar-refractivity contribution in [2.75, 3.05) is 26.2 Å². The van der Waals surface area contributed by atoms with Crippen LogP contribution < -0.4 is 16.0 Å². The molecule has 2 atom stereocenters. The zero-order chi connectivity index (χ0) is 32.1. The maximum absolute atomic E-state index is 12.5. The fourth-order valence-corrected chi connectivity index (χ4v) is 6.97. The van der Waals surface area contributed by atoms with E-state index in [9.17, 15) is 9.59 Å². The molecule has 3 heterocycles. The number of carbonyl (C=O) groups is 2. The first-order chi connectivity index (χ1) is 22.5. The van der Waals surface area contributed by atoms with Gasteiger partial charge in [-0.3, -0.25) is 9.69 Å². The lowest BCUT2D eigenvalue weighted by molar-refractivity contribution is 0.184. The Bertz CT molecular complexity index is 1440. The van der Waals surface area contributed by atoms with Gasteiger partial charge in [-0.05, 0) is 49.6 Å². The lowest BCUT2D eigenvalue weighted by atomic mass is 9.96. The number of imide groups is 1. The van der Waals surface area contributed by atoms with Gasteiger partial charge in [0, 0.05) is 48.4 Å². The number of rotatable bonds is 4. The van der Waals surface area contributed by atoms with Crippen molar-refractivity contribution in [3.63, 3.8) is 0 Å². The van der Waals surface area contributed by atoms with E-state index in [-0.39, 0.29) is 28.6 Å². The van der Waals surface area contributed by atoms with Gasteiger partial charge in [0.15, 0.2) is 0 Å². The molecule has 1 aliphatic carbocycles. The average molecular weight is 660 g/mol. The maximum Gasteiger partial charge on any atom is 0.325 e. The molecule has 2 saturated heterocycles. The first-order valence-corrected chi connectivity index (χ1v) is 17.3. The molecule has 0 radical (unpaired) electrons. The molecule has 3 aromatic carbocycles. The van der Waals surface area contributed by atoms with Crippen LogP contribution in [0.3, 0.4) is 0 Å². The number of piperazine rings is 1. The van der Waals surface area contributed by atoms with Crippen molar-refractivity contribution < 1.29 is 14.0 Å². The van der Waals surface area contributed by atoms with Crippen molar-refractivity contribution in [3.05, 3.63) is 102 Å². The topological polar surface area (TPSA) is 99.5 Å². The first-order valence-electron chi connectivity index (χ1n) is 16.0. The first kappa shape index (κ1) is 33.7. The summed E-state index contributed by atoms with van der Waals surface area (Å²) >= 11 is 7.14. The monoisotopic (exact) mass is 659 g/mol. The van der Waals surface area contributed by atoms with Gasteiger partial charge in [-0.15, -0.1) is 0 Å². The molecule has 3 amide bonds. The molecule has 0 spiro atoms. The molecule has 0 bridgehead atoms. The number of aromatic nitrogens is 1. The quantitative estimate of drug-likeness (QED) is 0.203.